The van der Waals surface area contributed by atoms with Crippen LogP contribution in [-0.4, -0.2) is 17.1 Å². The van der Waals surface area contributed by atoms with Crippen LogP contribution in [0, 0.1) is 6.92 Å². The number of carbonyl (C=O) groups excluding carboxylic acids is 1. The third kappa shape index (κ3) is 4.21. The fraction of sp³-hybridized carbons (Fsp3) is 0.188. The Labute approximate surface area is 128 Å². The SMILES string of the molecule is Cc1cc(Cl)ccc1NC(=O)[C@@H](N)Cc1ccc(O)cc1. The molecule has 2 aromatic rings. The van der Waals surface area contributed by atoms with E-state index in [1.165, 1.54) is 0 Å². The van der Waals surface area contributed by atoms with Crippen molar-refractivity contribution in [3.8, 4) is 5.75 Å². The lowest BCUT2D eigenvalue weighted by molar-refractivity contribution is -0.117. The highest BCUT2D eigenvalue weighted by molar-refractivity contribution is 6.30. The third-order valence-corrected chi connectivity index (χ3v) is 3.41. The normalized spacial score (nSPS) is 12.0. The fourth-order valence-corrected chi connectivity index (χ4v) is 2.20. The van der Waals surface area contributed by atoms with Crippen molar-refractivity contribution < 1.29 is 9.90 Å². The van der Waals surface area contributed by atoms with Crippen molar-refractivity contribution in [1.82, 2.24) is 0 Å². The van der Waals surface area contributed by atoms with E-state index in [0.717, 1.165) is 11.1 Å². The number of carbonyl (C=O) groups is 1. The molecule has 4 nitrogen and oxygen atoms in total. The number of anilines is 1. The quantitative estimate of drug-likeness (QED) is 0.813. The Bertz CT molecular complexity index is 641. The first-order valence-electron chi connectivity index (χ1n) is 6.56. The molecule has 0 heterocycles. The zero-order valence-electron chi connectivity index (χ0n) is 11.6. The summed E-state index contributed by atoms with van der Waals surface area (Å²) in [4.78, 5) is 12.1. The lowest BCUT2D eigenvalue weighted by Crippen LogP contribution is -2.37. The summed E-state index contributed by atoms with van der Waals surface area (Å²) >= 11 is 5.88. The molecule has 0 radical (unpaired) electrons. The number of benzene rings is 2. The van der Waals surface area contributed by atoms with Crippen LogP contribution in [-0.2, 0) is 11.2 Å². The summed E-state index contributed by atoms with van der Waals surface area (Å²) < 4.78 is 0. The molecular formula is C16H17ClN2O2. The summed E-state index contributed by atoms with van der Waals surface area (Å²) in [5.74, 6) is -0.0675. The molecule has 0 aliphatic rings. The minimum Gasteiger partial charge on any atom is -0.508 e. The standard InChI is InChI=1S/C16H17ClN2O2/c1-10-8-12(17)4-7-15(10)19-16(21)14(18)9-11-2-5-13(20)6-3-11/h2-8,14,20H,9,18H2,1H3,(H,19,21)/t14-/m0/s1. The molecule has 1 amide bonds. The van der Waals surface area contributed by atoms with E-state index in [2.05, 4.69) is 5.32 Å². The van der Waals surface area contributed by atoms with Crippen LogP contribution >= 0.6 is 11.6 Å². The third-order valence-electron chi connectivity index (χ3n) is 3.18. The van der Waals surface area contributed by atoms with Gasteiger partial charge in [0.05, 0.1) is 6.04 Å². The molecule has 2 rings (SSSR count). The lowest BCUT2D eigenvalue weighted by Gasteiger charge is -2.14. The second-order valence-corrected chi connectivity index (χ2v) is 5.36. The predicted molar refractivity (Wildman–Crippen MR) is 84.6 cm³/mol. The Kier molecular flexibility index (Phi) is 4.83. The highest BCUT2D eigenvalue weighted by Gasteiger charge is 2.15. The fourth-order valence-electron chi connectivity index (χ4n) is 1.97. The van der Waals surface area contributed by atoms with Gasteiger partial charge in [0.25, 0.3) is 0 Å². The molecule has 5 heteroatoms. The van der Waals surface area contributed by atoms with Gasteiger partial charge in [-0.25, -0.2) is 0 Å². The topological polar surface area (TPSA) is 75.4 Å². The van der Waals surface area contributed by atoms with E-state index in [1.54, 1.807) is 42.5 Å². The van der Waals surface area contributed by atoms with Gasteiger partial charge in [-0.2, -0.15) is 0 Å². The van der Waals surface area contributed by atoms with E-state index in [9.17, 15) is 9.90 Å². The number of nitrogens with one attached hydrogen (secondary N) is 1. The zero-order chi connectivity index (χ0) is 15.4. The second kappa shape index (κ2) is 6.61. The number of rotatable bonds is 4. The van der Waals surface area contributed by atoms with E-state index in [4.69, 9.17) is 17.3 Å². The minimum absolute atomic E-state index is 0.188. The molecule has 0 spiro atoms. The molecule has 4 N–H and O–H groups in total. The van der Waals surface area contributed by atoms with Crippen molar-refractivity contribution in [2.45, 2.75) is 19.4 Å². The molecule has 2 aromatic carbocycles. The maximum absolute atomic E-state index is 12.1. The Morgan fingerprint density at radius 3 is 2.57 bits per heavy atom. The molecule has 0 aromatic heterocycles. The van der Waals surface area contributed by atoms with Gasteiger partial charge >= 0.3 is 0 Å². The molecular weight excluding hydrogens is 288 g/mol. The molecule has 0 unspecified atom stereocenters. The highest BCUT2D eigenvalue weighted by atomic mass is 35.5. The van der Waals surface area contributed by atoms with Gasteiger partial charge in [0, 0.05) is 10.7 Å². The van der Waals surface area contributed by atoms with Gasteiger partial charge in [-0.15, -0.1) is 0 Å². The van der Waals surface area contributed by atoms with Crippen molar-refractivity contribution in [2.24, 2.45) is 5.73 Å². The van der Waals surface area contributed by atoms with Crippen LogP contribution in [0.15, 0.2) is 42.5 Å². The first-order valence-corrected chi connectivity index (χ1v) is 6.94. The van der Waals surface area contributed by atoms with Gasteiger partial charge in [0.15, 0.2) is 0 Å². The smallest absolute Gasteiger partial charge is 0.241 e. The van der Waals surface area contributed by atoms with E-state index in [1.807, 2.05) is 6.92 Å². The maximum atomic E-state index is 12.1. The van der Waals surface area contributed by atoms with Crippen molar-refractivity contribution in [3.05, 3.63) is 58.6 Å². The number of aryl methyl sites for hydroxylation is 1. The van der Waals surface area contributed by atoms with Crippen molar-refractivity contribution in [3.63, 3.8) is 0 Å². The zero-order valence-corrected chi connectivity index (χ0v) is 12.4. The number of halogens is 1. The molecule has 0 aliphatic heterocycles. The van der Waals surface area contributed by atoms with Crippen LogP contribution in [0.1, 0.15) is 11.1 Å². The van der Waals surface area contributed by atoms with E-state index in [0.29, 0.717) is 17.1 Å². The molecule has 1 atom stereocenters. The average Bonchev–Trinajstić information content (AvgIpc) is 2.44. The molecule has 0 fully saturated rings. The van der Waals surface area contributed by atoms with Crippen LogP contribution in [0.2, 0.25) is 5.02 Å². The summed E-state index contributed by atoms with van der Waals surface area (Å²) in [5, 5.41) is 12.6. The number of hydrogen-bond acceptors (Lipinski definition) is 3. The first kappa shape index (κ1) is 15.4. The van der Waals surface area contributed by atoms with Crippen molar-refractivity contribution in [1.29, 1.82) is 0 Å². The Balaban J connectivity index is 2.00. The molecule has 0 aliphatic carbocycles. The Morgan fingerprint density at radius 1 is 1.29 bits per heavy atom. The number of phenolic OH excluding ortho intramolecular Hbond substituents is 1. The van der Waals surface area contributed by atoms with Crippen molar-refractivity contribution >= 4 is 23.2 Å². The average molecular weight is 305 g/mol. The van der Waals surface area contributed by atoms with Crippen LogP contribution in [0.25, 0.3) is 0 Å². The molecule has 0 saturated heterocycles. The number of phenols is 1. The van der Waals surface area contributed by atoms with E-state index >= 15 is 0 Å². The summed E-state index contributed by atoms with van der Waals surface area (Å²) in [6.45, 7) is 1.87. The molecule has 0 saturated carbocycles. The van der Waals surface area contributed by atoms with Gasteiger partial charge in [0.2, 0.25) is 5.91 Å². The summed E-state index contributed by atoms with van der Waals surface area (Å²) in [6.07, 6.45) is 0.402. The Morgan fingerprint density at radius 2 is 1.95 bits per heavy atom. The van der Waals surface area contributed by atoms with Gasteiger partial charge in [-0.1, -0.05) is 23.7 Å². The minimum atomic E-state index is -0.662. The maximum Gasteiger partial charge on any atom is 0.241 e. The molecule has 0 bridgehead atoms. The monoisotopic (exact) mass is 304 g/mol. The van der Waals surface area contributed by atoms with Crippen LogP contribution < -0.4 is 11.1 Å². The summed E-state index contributed by atoms with van der Waals surface area (Å²) in [5.41, 5.74) is 8.39. The lowest BCUT2D eigenvalue weighted by atomic mass is 10.1. The van der Waals surface area contributed by atoms with E-state index < -0.39 is 6.04 Å². The van der Waals surface area contributed by atoms with Gasteiger partial charge in [0.1, 0.15) is 5.75 Å². The second-order valence-electron chi connectivity index (χ2n) is 4.93. The molecule has 21 heavy (non-hydrogen) atoms. The number of amides is 1. The van der Waals surface area contributed by atoms with Gasteiger partial charge < -0.3 is 16.2 Å². The first-order chi connectivity index (χ1) is 9.95. The van der Waals surface area contributed by atoms with Gasteiger partial charge in [-0.3, -0.25) is 4.79 Å². The Hall–Kier alpha value is -2.04. The number of hydrogen-bond donors (Lipinski definition) is 3. The van der Waals surface area contributed by atoms with Crippen LogP contribution in [0.4, 0.5) is 5.69 Å². The van der Waals surface area contributed by atoms with Gasteiger partial charge in [-0.05, 0) is 54.8 Å². The number of nitrogens with two attached hydrogens (primary N) is 1. The largest absolute Gasteiger partial charge is 0.508 e. The predicted octanol–water partition coefficient (Wildman–Crippen LogP) is 2.86. The summed E-state index contributed by atoms with van der Waals surface area (Å²) in [6, 6.07) is 11.2. The van der Waals surface area contributed by atoms with Crippen molar-refractivity contribution in [2.75, 3.05) is 5.32 Å². The van der Waals surface area contributed by atoms with Crippen LogP contribution in [0.5, 0.6) is 5.75 Å². The summed E-state index contributed by atoms with van der Waals surface area (Å²) in [7, 11) is 0. The highest BCUT2D eigenvalue weighted by Crippen LogP contribution is 2.20. The van der Waals surface area contributed by atoms with Crippen LogP contribution in [0.3, 0.4) is 0 Å². The van der Waals surface area contributed by atoms with E-state index in [-0.39, 0.29) is 11.7 Å². The number of aromatic hydroxyl groups is 1. The molecule has 110 valence electrons.